The molecule has 3 aromatic heterocycles. The molecular formula is C32H33N3O5S. The van der Waals surface area contributed by atoms with Crippen molar-refractivity contribution in [1.82, 2.24) is 14.9 Å². The lowest BCUT2D eigenvalue weighted by Gasteiger charge is -2.24. The summed E-state index contributed by atoms with van der Waals surface area (Å²) in [5, 5.41) is 16.6. The Morgan fingerprint density at radius 3 is 2.59 bits per heavy atom. The molecule has 8 nitrogen and oxygen atoms in total. The Morgan fingerprint density at radius 1 is 1.12 bits per heavy atom. The summed E-state index contributed by atoms with van der Waals surface area (Å²) in [5.74, 6) is -0.0195. The number of hydrogen-bond acceptors (Lipinski definition) is 6. The molecule has 0 spiro atoms. The van der Waals surface area contributed by atoms with Gasteiger partial charge in [0.1, 0.15) is 11.3 Å². The van der Waals surface area contributed by atoms with Gasteiger partial charge in [-0.2, -0.15) is 0 Å². The first-order valence-electron chi connectivity index (χ1n) is 13.3. The molecule has 5 rings (SSSR count). The number of aromatic nitrogens is 2. The van der Waals surface area contributed by atoms with E-state index in [1.807, 2.05) is 42.6 Å². The number of rotatable bonds is 8. The molecule has 9 heteroatoms. The number of amides is 1. The van der Waals surface area contributed by atoms with E-state index in [4.69, 9.17) is 14.1 Å². The number of benzene rings is 2. The van der Waals surface area contributed by atoms with E-state index in [1.54, 1.807) is 38.3 Å². The number of carbonyl (C=O) groups excluding carboxylic acids is 1. The van der Waals surface area contributed by atoms with Crippen LogP contribution in [0.2, 0.25) is 0 Å². The molecular weight excluding hydrogens is 538 g/mol. The molecule has 0 fully saturated rings. The van der Waals surface area contributed by atoms with Crippen LogP contribution in [0, 0.1) is 0 Å². The monoisotopic (exact) mass is 571 g/mol. The molecule has 0 radical (unpaired) electrons. The number of nitrogens with zero attached hydrogens (tertiary/aromatic N) is 2. The molecule has 0 aliphatic rings. The Morgan fingerprint density at radius 2 is 1.90 bits per heavy atom. The smallest absolute Gasteiger partial charge is 0.328 e. The molecule has 0 saturated heterocycles. The Hall–Kier alpha value is -4.37. The van der Waals surface area contributed by atoms with E-state index in [-0.39, 0.29) is 11.3 Å². The first-order valence-corrected chi connectivity index (χ1v) is 14.2. The van der Waals surface area contributed by atoms with Gasteiger partial charge < -0.3 is 24.1 Å². The van der Waals surface area contributed by atoms with Gasteiger partial charge in [0.25, 0.3) is 5.91 Å². The van der Waals surface area contributed by atoms with Crippen LogP contribution < -0.4 is 10.1 Å². The largest absolute Gasteiger partial charge is 0.478 e. The van der Waals surface area contributed by atoms with E-state index in [1.165, 1.54) is 0 Å². The molecule has 3 heterocycles. The van der Waals surface area contributed by atoms with Crippen LogP contribution in [0.1, 0.15) is 51.4 Å². The van der Waals surface area contributed by atoms with Crippen LogP contribution in [0.4, 0.5) is 0 Å². The topological polar surface area (TPSA) is 107 Å². The quantitative estimate of drug-likeness (QED) is 0.197. The number of carbonyl (C=O) groups is 2. The van der Waals surface area contributed by atoms with Gasteiger partial charge in [-0.05, 0) is 61.9 Å². The molecule has 41 heavy (non-hydrogen) atoms. The fraction of sp³-hybridized carbons (Fsp3) is 0.281. The van der Waals surface area contributed by atoms with Crippen molar-refractivity contribution in [3.05, 3.63) is 76.9 Å². The summed E-state index contributed by atoms with van der Waals surface area (Å²) in [7, 11) is 1.56. The summed E-state index contributed by atoms with van der Waals surface area (Å²) < 4.78 is 14.2. The van der Waals surface area contributed by atoms with E-state index in [2.05, 4.69) is 42.1 Å². The van der Waals surface area contributed by atoms with Crippen molar-refractivity contribution in [2.45, 2.75) is 52.2 Å². The Balaban J connectivity index is 1.48. The number of carboxylic acids is 1. The minimum absolute atomic E-state index is 0.0286. The molecule has 2 N–H and O–H groups in total. The van der Waals surface area contributed by atoms with Gasteiger partial charge in [0.15, 0.2) is 16.4 Å². The fourth-order valence-corrected chi connectivity index (χ4v) is 5.66. The highest BCUT2D eigenvalue weighted by Crippen LogP contribution is 2.34. The van der Waals surface area contributed by atoms with E-state index >= 15 is 0 Å². The molecule has 1 amide bonds. The number of ether oxygens (including phenoxy) is 1. The van der Waals surface area contributed by atoms with Crippen molar-refractivity contribution in [3.63, 3.8) is 0 Å². The highest BCUT2D eigenvalue weighted by molar-refractivity contribution is 7.13. The number of likely N-dealkylation sites (N-methyl/N-ethyl adjacent to an activating group) is 1. The number of nitrogens with one attached hydrogen (secondary N) is 1. The van der Waals surface area contributed by atoms with Crippen molar-refractivity contribution >= 4 is 51.2 Å². The van der Waals surface area contributed by atoms with Crippen molar-refractivity contribution in [1.29, 1.82) is 0 Å². The summed E-state index contributed by atoms with van der Waals surface area (Å²) in [6, 6.07) is 13.7. The number of furan rings is 1. The molecule has 0 unspecified atom stereocenters. The van der Waals surface area contributed by atoms with Crippen LogP contribution in [-0.4, -0.2) is 39.2 Å². The zero-order chi connectivity index (χ0) is 29.5. The van der Waals surface area contributed by atoms with E-state index in [9.17, 15) is 14.7 Å². The second-order valence-electron chi connectivity index (χ2n) is 11.5. The van der Waals surface area contributed by atoms with Crippen LogP contribution in [0.25, 0.3) is 38.7 Å². The zero-order valence-electron chi connectivity index (χ0n) is 23.9. The normalized spacial score (nSPS) is 12.4. The maximum atomic E-state index is 12.2. The van der Waals surface area contributed by atoms with E-state index in [0.717, 1.165) is 55.5 Å². The molecule has 0 aliphatic heterocycles. The van der Waals surface area contributed by atoms with Crippen molar-refractivity contribution < 1.29 is 23.8 Å². The van der Waals surface area contributed by atoms with Crippen LogP contribution in [0.3, 0.4) is 0 Å². The lowest BCUT2D eigenvalue weighted by molar-refractivity contribution is -0.133. The molecule has 5 aromatic rings. The van der Waals surface area contributed by atoms with Gasteiger partial charge in [-0.15, -0.1) is 11.3 Å². The van der Waals surface area contributed by atoms with E-state index in [0.29, 0.717) is 12.3 Å². The number of aliphatic carboxylic acids is 1. The number of thiazole rings is 1. The molecule has 212 valence electrons. The summed E-state index contributed by atoms with van der Waals surface area (Å²) in [5.41, 5.74) is 3.43. The number of carboxylic acid groups (broad SMARTS) is 1. The predicted molar refractivity (Wildman–Crippen MR) is 163 cm³/mol. The molecule has 0 saturated carbocycles. The predicted octanol–water partition coefficient (Wildman–Crippen LogP) is 6.86. The van der Waals surface area contributed by atoms with Gasteiger partial charge in [-0.3, -0.25) is 4.79 Å². The summed E-state index contributed by atoms with van der Waals surface area (Å²) in [6.07, 6.45) is 4.61. The van der Waals surface area contributed by atoms with Crippen LogP contribution in [0.15, 0.2) is 64.5 Å². The minimum atomic E-state index is -1.08. The average Bonchev–Trinajstić information content (AvgIpc) is 3.63. The molecule has 0 atom stereocenters. The minimum Gasteiger partial charge on any atom is -0.478 e. The zero-order valence-corrected chi connectivity index (χ0v) is 24.8. The first kappa shape index (κ1) is 28.2. The Bertz CT molecular complexity index is 1800. The Kier molecular flexibility index (Phi) is 7.25. The maximum absolute atomic E-state index is 12.2. The van der Waals surface area contributed by atoms with Crippen LogP contribution in [-0.2, 0) is 21.5 Å². The third-order valence-electron chi connectivity index (χ3n) is 6.85. The van der Waals surface area contributed by atoms with Crippen molar-refractivity contribution in [3.8, 4) is 16.5 Å². The van der Waals surface area contributed by atoms with Crippen LogP contribution in [0.5, 0.6) is 5.75 Å². The van der Waals surface area contributed by atoms with Gasteiger partial charge in [-0.25, -0.2) is 9.78 Å². The van der Waals surface area contributed by atoms with E-state index < -0.39 is 11.6 Å². The van der Waals surface area contributed by atoms with Gasteiger partial charge >= 0.3 is 5.97 Å². The van der Waals surface area contributed by atoms with Crippen molar-refractivity contribution in [2.24, 2.45) is 0 Å². The Labute approximate surface area is 242 Å². The number of hydrogen-bond donors (Lipinski definition) is 2. The molecule has 0 bridgehead atoms. The van der Waals surface area contributed by atoms with Gasteiger partial charge in [0.05, 0.1) is 5.69 Å². The third-order valence-corrected chi connectivity index (χ3v) is 7.71. The highest BCUT2D eigenvalue weighted by Gasteiger charge is 2.29. The SMILES string of the molecule is CNC(=O)C(C)(C)Oc1ccc2c(c1)c(/C=C/C(=O)O)cn2Cc1ccc2oc(-c3nc(C(C)(C)C)cs3)cc2c1. The molecule has 0 aliphatic carbocycles. The lowest BCUT2D eigenvalue weighted by Crippen LogP contribution is -2.45. The van der Waals surface area contributed by atoms with Gasteiger partial charge in [-0.1, -0.05) is 26.8 Å². The maximum Gasteiger partial charge on any atom is 0.328 e. The van der Waals surface area contributed by atoms with Gasteiger partial charge in [0, 0.05) is 58.5 Å². The van der Waals surface area contributed by atoms with Crippen molar-refractivity contribution in [2.75, 3.05) is 7.05 Å². The average molecular weight is 572 g/mol. The summed E-state index contributed by atoms with van der Waals surface area (Å²) in [6.45, 7) is 10.4. The summed E-state index contributed by atoms with van der Waals surface area (Å²) in [4.78, 5) is 28.3. The van der Waals surface area contributed by atoms with Crippen LogP contribution >= 0.6 is 11.3 Å². The second-order valence-corrected chi connectivity index (χ2v) is 12.4. The second kappa shape index (κ2) is 10.6. The number of fused-ring (bicyclic) bond motifs is 2. The standard InChI is InChI=1S/C32H33N3O5S/c1-31(2,3)27-18-41-29(34-27)26-14-21-13-19(7-11-25(21)39-26)16-35-17-20(8-12-28(36)37)23-15-22(9-10-24(23)35)40-32(4,5)30(38)33-6/h7-15,17-18H,16H2,1-6H3,(H,33,38)(H,36,37)/b12-8+. The lowest BCUT2D eigenvalue weighted by atomic mass is 9.93. The first-order chi connectivity index (χ1) is 19.3. The third kappa shape index (κ3) is 5.90. The fourth-order valence-electron chi connectivity index (χ4n) is 4.66. The van der Waals surface area contributed by atoms with Gasteiger partial charge in [0.2, 0.25) is 0 Å². The summed E-state index contributed by atoms with van der Waals surface area (Å²) >= 11 is 1.58. The molecule has 2 aromatic carbocycles. The highest BCUT2D eigenvalue weighted by atomic mass is 32.1.